The lowest BCUT2D eigenvalue weighted by Gasteiger charge is -2.24. The molecule has 0 saturated heterocycles. The summed E-state index contributed by atoms with van der Waals surface area (Å²) in [6.07, 6.45) is -4.62. The van der Waals surface area contributed by atoms with Crippen LogP contribution in [-0.2, 0) is 11.6 Å². The second kappa shape index (κ2) is 5.81. The van der Waals surface area contributed by atoms with E-state index in [1.165, 1.54) is 6.07 Å². The summed E-state index contributed by atoms with van der Waals surface area (Å²) in [6, 6.07) is 5.20. The van der Waals surface area contributed by atoms with E-state index in [9.17, 15) is 13.2 Å². The van der Waals surface area contributed by atoms with E-state index in [1.807, 2.05) is 31.4 Å². The zero-order chi connectivity index (χ0) is 15.7. The quantitative estimate of drug-likeness (QED) is 0.830. The maximum atomic E-state index is 12.6. The van der Waals surface area contributed by atoms with Crippen molar-refractivity contribution in [2.75, 3.05) is 11.9 Å². The van der Waals surface area contributed by atoms with Crippen molar-refractivity contribution in [1.82, 2.24) is 9.97 Å². The third-order valence-corrected chi connectivity index (χ3v) is 4.28. The maximum Gasteiger partial charge on any atom is 0.451 e. The van der Waals surface area contributed by atoms with E-state index in [-0.39, 0.29) is 16.4 Å². The molecule has 0 saturated carbocycles. The highest BCUT2D eigenvalue weighted by Gasteiger charge is 2.35. The molecule has 0 atom stereocenters. The van der Waals surface area contributed by atoms with Crippen molar-refractivity contribution >= 4 is 28.8 Å². The molecule has 0 bridgehead atoms. The Balaban J connectivity index is 2.15. The number of aromatic nitrogens is 2. The number of nitrogens with one attached hydrogen (secondary N) is 1. The number of nitrogens with zero attached hydrogens (tertiary/aromatic N) is 2. The second-order valence-electron chi connectivity index (χ2n) is 5.11. The minimum Gasteiger partial charge on any atom is -0.369 e. The normalized spacial score (nSPS) is 12.5. The van der Waals surface area contributed by atoms with Gasteiger partial charge >= 0.3 is 6.18 Å². The minimum absolute atomic E-state index is 0.0620. The van der Waals surface area contributed by atoms with Crippen molar-refractivity contribution in [3.8, 4) is 0 Å². The molecule has 0 unspecified atom stereocenters. The van der Waals surface area contributed by atoms with Gasteiger partial charge in [0.1, 0.15) is 11.0 Å². The lowest BCUT2D eigenvalue weighted by Crippen LogP contribution is -2.27. The maximum absolute atomic E-state index is 12.6. The van der Waals surface area contributed by atoms with Crippen molar-refractivity contribution in [2.24, 2.45) is 0 Å². The summed E-state index contributed by atoms with van der Waals surface area (Å²) in [4.78, 5) is 7.78. The van der Waals surface area contributed by atoms with Crippen LogP contribution in [0.4, 0.5) is 19.0 Å². The first-order valence-electron chi connectivity index (χ1n) is 6.08. The molecule has 0 radical (unpaired) electrons. The fraction of sp³-hybridized carbons (Fsp3) is 0.385. The molecule has 0 fully saturated rings. The summed E-state index contributed by atoms with van der Waals surface area (Å²) in [5, 5.41) is 4.61. The third kappa shape index (κ3) is 4.07. The van der Waals surface area contributed by atoms with E-state index in [4.69, 9.17) is 11.6 Å². The predicted octanol–water partition coefficient (Wildman–Crippen LogP) is 4.60. The van der Waals surface area contributed by atoms with Gasteiger partial charge in [0.25, 0.3) is 0 Å². The smallest absolute Gasteiger partial charge is 0.369 e. The number of anilines is 1. The van der Waals surface area contributed by atoms with Crippen LogP contribution in [0, 0.1) is 0 Å². The second-order valence-corrected chi connectivity index (χ2v) is 6.45. The van der Waals surface area contributed by atoms with Gasteiger partial charge in [0, 0.05) is 22.9 Å². The molecule has 0 aliphatic heterocycles. The Morgan fingerprint density at radius 3 is 2.57 bits per heavy atom. The Hall–Kier alpha value is -1.34. The molecule has 3 nitrogen and oxygen atoms in total. The summed E-state index contributed by atoms with van der Waals surface area (Å²) in [6.45, 7) is 4.43. The molecule has 0 amide bonds. The average Bonchev–Trinajstić information content (AvgIpc) is 2.89. The zero-order valence-electron chi connectivity index (χ0n) is 11.3. The topological polar surface area (TPSA) is 37.8 Å². The predicted molar refractivity (Wildman–Crippen MR) is 77.9 cm³/mol. The van der Waals surface area contributed by atoms with Crippen LogP contribution < -0.4 is 5.32 Å². The van der Waals surface area contributed by atoms with E-state index < -0.39 is 12.0 Å². The van der Waals surface area contributed by atoms with Crippen LogP contribution in [0.1, 0.15) is 24.5 Å². The molecule has 2 aromatic rings. The van der Waals surface area contributed by atoms with E-state index in [0.717, 1.165) is 4.88 Å². The molecule has 2 rings (SSSR count). The van der Waals surface area contributed by atoms with Gasteiger partial charge in [-0.3, -0.25) is 0 Å². The molecular weight excluding hydrogens is 323 g/mol. The van der Waals surface area contributed by atoms with E-state index >= 15 is 0 Å². The Morgan fingerprint density at radius 1 is 1.29 bits per heavy atom. The van der Waals surface area contributed by atoms with Crippen molar-refractivity contribution in [3.05, 3.63) is 39.4 Å². The molecule has 0 aromatic carbocycles. The molecule has 21 heavy (non-hydrogen) atoms. The van der Waals surface area contributed by atoms with Crippen molar-refractivity contribution in [1.29, 1.82) is 0 Å². The van der Waals surface area contributed by atoms with Crippen LogP contribution in [0.15, 0.2) is 23.6 Å². The lowest BCUT2D eigenvalue weighted by molar-refractivity contribution is -0.144. The van der Waals surface area contributed by atoms with E-state index in [1.54, 1.807) is 11.3 Å². The molecule has 0 spiro atoms. The SMILES string of the molecule is CC(C)(CNc1cc(Cl)nc(C(F)(F)F)n1)c1cccs1. The molecule has 2 aromatic heterocycles. The first kappa shape index (κ1) is 16.0. The molecule has 0 aliphatic carbocycles. The average molecular weight is 336 g/mol. The van der Waals surface area contributed by atoms with E-state index in [2.05, 4.69) is 15.3 Å². The number of rotatable bonds is 4. The van der Waals surface area contributed by atoms with Gasteiger partial charge in [-0.25, -0.2) is 9.97 Å². The summed E-state index contributed by atoms with van der Waals surface area (Å²) in [5.41, 5.74) is -0.232. The number of hydrogen-bond donors (Lipinski definition) is 1. The standard InChI is InChI=1S/C13H13ClF3N3S/c1-12(2,8-4-3-5-21-8)7-18-10-6-9(14)19-11(20-10)13(15,16)17/h3-6H,7H2,1-2H3,(H,18,19,20). The molecule has 114 valence electrons. The van der Waals surface area contributed by atoms with Crippen LogP contribution in [0.5, 0.6) is 0 Å². The number of thiophene rings is 1. The fourth-order valence-electron chi connectivity index (χ4n) is 1.70. The molecule has 0 aliphatic rings. The largest absolute Gasteiger partial charge is 0.451 e. The van der Waals surface area contributed by atoms with Gasteiger partial charge in [-0.2, -0.15) is 13.2 Å². The van der Waals surface area contributed by atoms with Gasteiger partial charge in [-0.15, -0.1) is 11.3 Å². The first-order chi connectivity index (χ1) is 9.68. The minimum atomic E-state index is -4.62. The van der Waals surface area contributed by atoms with Crippen LogP contribution >= 0.6 is 22.9 Å². The van der Waals surface area contributed by atoms with Gasteiger partial charge in [0.2, 0.25) is 5.82 Å². The Morgan fingerprint density at radius 2 is 2.00 bits per heavy atom. The fourth-order valence-corrected chi connectivity index (χ4v) is 2.73. The molecule has 2 heterocycles. The highest BCUT2D eigenvalue weighted by Crippen LogP contribution is 2.30. The summed E-state index contributed by atoms with van der Waals surface area (Å²) >= 11 is 7.21. The van der Waals surface area contributed by atoms with Crippen LogP contribution in [-0.4, -0.2) is 16.5 Å². The van der Waals surface area contributed by atoms with Gasteiger partial charge in [0.05, 0.1) is 0 Å². The molecule has 8 heteroatoms. The van der Waals surface area contributed by atoms with Crippen LogP contribution in [0.2, 0.25) is 5.15 Å². The first-order valence-corrected chi connectivity index (χ1v) is 7.34. The highest BCUT2D eigenvalue weighted by molar-refractivity contribution is 7.10. The van der Waals surface area contributed by atoms with Gasteiger partial charge in [-0.1, -0.05) is 31.5 Å². The monoisotopic (exact) mass is 335 g/mol. The molecular formula is C13H13ClF3N3S. The van der Waals surface area contributed by atoms with Crippen LogP contribution in [0.3, 0.4) is 0 Å². The van der Waals surface area contributed by atoms with Crippen molar-refractivity contribution in [3.63, 3.8) is 0 Å². The number of hydrogen-bond acceptors (Lipinski definition) is 4. The Kier molecular flexibility index (Phi) is 4.43. The van der Waals surface area contributed by atoms with E-state index in [0.29, 0.717) is 6.54 Å². The summed E-state index contributed by atoms with van der Waals surface area (Å²) < 4.78 is 37.9. The van der Waals surface area contributed by atoms with Gasteiger partial charge < -0.3 is 5.32 Å². The number of alkyl halides is 3. The Labute approximate surface area is 129 Å². The highest BCUT2D eigenvalue weighted by atomic mass is 35.5. The molecule has 1 N–H and O–H groups in total. The zero-order valence-corrected chi connectivity index (χ0v) is 12.9. The van der Waals surface area contributed by atoms with Crippen molar-refractivity contribution in [2.45, 2.75) is 25.4 Å². The summed E-state index contributed by atoms with van der Waals surface area (Å²) in [5.74, 6) is -1.18. The summed E-state index contributed by atoms with van der Waals surface area (Å²) in [7, 11) is 0. The van der Waals surface area contributed by atoms with Gasteiger partial charge in [0.15, 0.2) is 0 Å². The number of halogens is 4. The lowest BCUT2D eigenvalue weighted by atomic mass is 9.91. The Bertz CT molecular complexity index is 612. The van der Waals surface area contributed by atoms with Crippen molar-refractivity contribution < 1.29 is 13.2 Å². The van der Waals surface area contributed by atoms with Gasteiger partial charge in [-0.05, 0) is 11.4 Å². The van der Waals surface area contributed by atoms with Crippen LogP contribution in [0.25, 0.3) is 0 Å². The third-order valence-electron chi connectivity index (χ3n) is 2.85.